The van der Waals surface area contributed by atoms with Gasteiger partial charge >= 0.3 is 5.97 Å². The van der Waals surface area contributed by atoms with Crippen molar-refractivity contribution in [3.63, 3.8) is 0 Å². The first-order valence-electron chi connectivity index (χ1n) is 10.4. The SMILES string of the molecule is COC(=O)c1ccc(=O)n(CCCC(=O)N2N=C(c3cc(C)cc(C)c3)CC2(C)C)c1. The van der Waals surface area contributed by atoms with Crippen LogP contribution in [0.2, 0.25) is 0 Å². The van der Waals surface area contributed by atoms with Gasteiger partial charge in [-0.1, -0.05) is 29.3 Å². The number of rotatable bonds is 6. The summed E-state index contributed by atoms with van der Waals surface area (Å²) in [5.74, 6) is -0.585. The first-order chi connectivity index (χ1) is 14.6. The fourth-order valence-corrected chi connectivity index (χ4v) is 3.92. The van der Waals surface area contributed by atoms with Crippen molar-refractivity contribution in [2.75, 3.05) is 7.11 Å². The molecule has 1 aromatic carbocycles. The molecule has 0 unspecified atom stereocenters. The second kappa shape index (κ2) is 8.88. The highest BCUT2D eigenvalue weighted by atomic mass is 16.5. The number of hydrogen-bond donors (Lipinski definition) is 0. The third-order valence-corrected chi connectivity index (χ3v) is 5.38. The highest BCUT2D eigenvalue weighted by Crippen LogP contribution is 2.30. The number of ether oxygens (including phenoxy) is 1. The number of esters is 1. The minimum Gasteiger partial charge on any atom is -0.465 e. The number of carbonyl (C=O) groups is 2. The Morgan fingerprint density at radius 2 is 1.81 bits per heavy atom. The fourth-order valence-electron chi connectivity index (χ4n) is 3.92. The Morgan fingerprint density at radius 1 is 1.13 bits per heavy atom. The zero-order valence-corrected chi connectivity index (χ0v) is 18.8. The first kappa shape index (κ1) is 22.5. The summed E-state index contributed by atoms with van der Waals surface area (Å²) in [6, 6.07) is 9.07. The lowest BCUT2D eigenvalue weighted by Crippen LogP contribution is -2.40. The number of aromatic nitrogens is 1. The van der Waals surface area contributed by atoms with Crippen molar-refractivity contribution in [1.29, 1.82) is 0 Å². The van der Waals surface area contributed by atoms with Crippen LogP contribution in [-0.4, -0.2) is 39.8 Å². The molecule has 0 bridgehead atoms. The monoisotopic (exact) mass is 423 g/mol. The fraction of sp³-hybridized carbons (Fsp3) is 0.417. The molecule has 0 N–H and O–H groups in total. The van der Waals surface area contributed by atoms with E-state index in [-0.39, 0.29) is 17.9 Å². The number of hydrogen-bond acceptors (Lipinski definition) is 5. The van der Waals surface area contributed by atoms with Crippen LogP contribution in [0.1, 0.15) is 60.2 Å². The Hall–Kier alpha value is -3.22. The Bertz CT molecular complexity index is 1080. The predicted octanol–water partition coefficient (Wildman–Crippen LogP) is 3.45. The molecule has 1 aliphatic heterocycles. The average Bonchev–Trinajstić information content (AvgIpc) is 3.03. The van der Waals surface area contributed by atoms with Crippen molar-refractivity contribution in [3.8, 4) is 0 Å². The quantitative estimate of drug-likeness (QED) is 0.667. The summed E-state index contributed by atoms with van der Waals surface area (Å²) in [7, 11) is 1.29. The van der Waals surface area contributed by atoms with Crippen LogP contribution in [0.15, 0.2) is 46.4 Å². The molecule has 0 radical (unpaired) electrons. The highest BCUT2D eigenvalue weighted by molar-refractivity contribution is 6.03. The summed E-state index contributed by atoms with van der Waals surface area (Å²) in [4.78, 5) is 36.7. The molecule has 7 heteroatoms. The van der Waals surface area contributed by atoms with E-state index in [1.165, 1.54) is 41.1 Å². The minimum absolute atomic E-state index is 0.0819. The number of hydrazone groups is 1. The number of methoxy groups -OCH3 is 1. The Balaban J connectivity index is 1.69. The third kappa shape index (κ3) is 5.10. The lowest BCUT2D eigenvalue weighted by atomic mass is 9.93. The summed E-state index contributed by atoms with van der Waals surface area (Å²) < 4.78 is 6.13. The van der Waals surface area contributed by atoms with Gasteiger partial charge in [-0.15, -0.1) is 0 Å². The summed E-state index contributed by atoms with van der Waals surface area (Å²) >= 11 is 0. The lowest BCUT2D eigenvalue weighted by molar-refractivity contribution is -0.135. The molecule has 2 heterocycles. The van der Waals surface area contributed by atoms with Crippen LogP contribution in [0.3, 0.4) is 0 Å². The standard InChI is InChI=1S/C24H29N3O4/c1-16-11-17(2)13-19(12-16)20-14-24(3,4)27(25-20)22(29)7-6-10-26-15-18(23(30)31-5)8-9-21(26)28/h8-9,11-13,15H,6-7,10,14H2,1-5H3. The number of aryl methyl sites for hydroxylation is 3. The minimum atomic E-state index is -0.503. The van der Waals surface area contributed by atoms with Gasteiger partial charge in [0, 0.05) is 31.6 Å². The molecular formula is C24H29N3O4. The second-order valence-corrected chi connectivity index (χ2v) is 8.66. The van der Waals surface area contributed by atoms with Gasteiger partial charge in [0.2, 0.25) is 5.91 Å². The summed E-state index contributed by atoms with van der Waals surface area (Å²) in [5, 5.41) is 6.23. The molecule has 0 aliphatic carbocycles. The normalized spacial score (nSPS) is 15.0. The van der Waals surface area contributed by atoms with Gasteiger partial charge in [-0.2, -0.15) is 5.10 Å². The number of carbonyl (C=O) groups excluding carboxylic acids is 2. The van der Waals surface area contributed by atoms with Gasteiger partial charge in [-0.25, -0.2) is 9.80 Å². The molecule has 1 aliphatic rings. The smallest absolute Gasteiger partial charge is 0.339 e. The van der Waals surface area contributed by atoms with E-state index in [9.17, 15) is 14.4 Å². The summed E-state index contributed by atoms with van der Waals surface area (Å²) in [6.45, 7) is 8.45. The van der Waals surface area contributed by atoms with Gasteiger partial charge in [0.05, 0.1) is 23.9 Å². The second-order valence-electron chi connectivity index (χ2n) is 8.66. The van der Waals surface area contributed by atoms with Crippen LogP contribution in [-0.2, 0) is 16.1 Å². The van der Waals surface area contributed by atoms with Crippen molar-refractivity contribution in [3.05, 3.63) is 69.1 Å². The molecule has 0 fully saturated rings. The van der Waals surface area contributed by atoms with E-state index < -0.39 is 11.5 Å². The van der Waals surface area contributed by atoms with Crippen molar-refractivity contribution in [1.82, 2.24) is 9.58 Å². The predicted molar refractivity (Wildman–Crippen MR) is 119 cm³/mol. The van der Waals surface area contributed by atoms with Crippen molar-refractivity contribution >= 4 is 17.6 Å². The lowest BCUT2D eigenvalue weighted by Gasteiger charge is -2.28. The van der Waals surface area contributed by atoms with Gasteiger partial charge in [0.25, 0.3) is 5.56 Å². The third-order valence-electron chi connectivity index (χ3n) is 5.38. The van der Waals surface area contributed by atoms with E-state index >= 15 is 0 Å². The topological polar surface area (TPSA) is 81.0 Å². The van der Waals surface area contributed by atoms with E-state index in [2.05, 4.69) is 37.1 Å². The number of pyridine rings is 1. The van der Waals surface area contributed by atoms with Gasteiger partial charge in [-0.3, -0.25) is 9.59 Å². The maximum Gasteiger partial charge on any atom is 0.339 e. The maximum atomic E-state index is 12.9. The van der Waals surface area contributed by atoms with E-state index in [0.29, 0.717) is 24.9 Å². The maximum absolute atomic E-state index is 12.9. The Labute approximate surface area is 182 Å². The summed E-state index contributed by atoms with van der Waals surface area (Å²) in [5.41, 5.74) is 3.96. The molecule has 2 aromatic rings. The molecule has 31 heavy (non-hydrogen) atoms. The Kier molecular flexibility index (Phi) is 6.43. The number of amides is 1. The van der Waals surface area contributed by atoms with Gasteiger partial charge < -0.3 is 9.30 Å². The van der Waals surface area contributed by atoms with Crippen LogP contribution < -0.4 is 5.56 Å². The molecule has 3 rings (SSSR count). The molecule has 0 atom stereocenters. The molecular weight excluding hydrogens is 394 g/mol. The molecule has 1 amide bonds. The molecule has 0 saturated carbocycles. The van der Waals surface area contributed by atoms with E-state index in [1.54, 1.807) is 5.01 Å². The molecule has 7 nitrogen and oxygen atoms in total. The zero-order valence-electron chi connectivity index (χ0n) is 18.8. The van der Waals surface area contributed by atoms with Gasteiger partial charge in [-0.05, 0) is 45.7 Å². The van der Waals surface area contributed by atoms with E-state index in [0.717, 1.165) is 11.3 Å². The van der Waals surface area contributed by atoms with Crippen LogP contribution in [0, 0.1) is 13.8 Å². The molecule has 0 spiro atoms. The molecule has 164 valence electrons. The van der Waals surface area contributed by atoms with E-state index in [4.69, 9.17) is 4.74 Å². The van der Waals surface area contributed by atoms with Crippen LogP contribution in [0.25, 0.3) is 0 Å². The number of benzene rings is 1. The van der Waals surface area contributed by atoms with Crippen LogP contribution >= 0.6 is 0 Å². The summed E-state index contributed by atoms with van der Waals surface area (Å²) in [6.07, 6.45) is 2.86. The van der Waals surface area contributed by atoms with Gasteiger partial charge in [0.1, 0.15) is 0 Å². The first-order valence-corrected chi connectivity index (χ1v) is 10.4. The van der Waals surface area contributed by atoms with Crippen molar-refractivity contribution in [2.24, 2.45) is 5.10 Å². The van der Waals surface area contributed by atoms with E-state index in [1.807, 2.05) is 13.8 Å². The van der Waals surface area contributed by atoms with Gasteiger partial charge in [0.15, 0.2) is 0 Å². The molecule has 1 aromatic heterocycles. The Morgan fingerprint density at radius 3 is 2.45 bits per heavy atom. The number of nitrogens with zero attached hydrogens (tertiary/aromatic N) is 3. The zero-order chi connectivity index (χ0) is 22.8. The highest BCUT2D eigenvalue weighted by Gasteiger charge is 2.38. The van der Waals surface area contributed by atoms with Crippen LogP contribution in [0.5, 0.6) is 0 Å². The average molecular weight is 424 g/mol. The van der Waals surface area contributed by atoms with Crippen molar-refractivity contribution in [2.45, 2.75) is 59.0 Å². The van der Waals surface area contributed by atoms with Crippen molar-refractivity contribution < 1.29 is 14.3 Å². The largest absolute Gasteiger partial charge is 0.465 e. The molecule has 0 saturated heterocycles. The van der Waals surface area contributed by atoms with Crippen LogP contribution in [0.4, 0.5) is 0 Å².